The molecule has 2 aromatic carbocycles. The molecule has 22 heavy (non-hydrogen) atoms. The van der Waals surface area contributed by atoms with Crippen molar-refractivity contribution in [3.63, 3.8) is 0 Å². The van der Waals surface area contributed by atoms with E-state index in [1.807, 2.05) is 26.8 Å². The summed E-state index contributed by atoms with van der Waals surface area (Å²) in [6, 6.07) is 12.4. The van der Waals surface area contributed by atoms with Crippen molar-refractivity contribution in [2.75, 3.05) is 0 Å². The fourth-order valence-corrected chi connectivity index (χ4v) is 2.51. The predicted octanol–water partition coefficient (Wildman–Crippen LogP) is 4.58. The third kappa shape index (κ3) is 3.21. The third-order valence-electron chi connectivity index (χ3n) is 3.54. The summed E-state index contributed by atoms with van der Waals surface area (Å²) in [5.41, 5.74) is 5.59. The number of hydrogen-bond acceptors (Lipinski definition) is 3. The molecule has 0 fully saturated rings. The second-order valence-electron chi connectivity index (χ2n) is 5.29. The lowest BCUT2D eigenvalue weighted by Gasteiger charge is -2.08. The molecule has 0 unspecified atom stereocenters. The molecule has 0 bridgehead atoms. The van der Waals surface area contributed by atoms with Crippen LogP contribution in [-0.4, -0.2) is 4.92 Å². The van der Waals surface area contributed by atoms with E-state index >= 15 is 0 Å². The van der Waals surface area contributed by atoms with Crippen LogP contribution in [-0.2, 0) is 0 Å². The van der Waals surface area contributed by atoms with Gasteiger partial charge in [0.25, 0.3) is 5.69 Å². The van der Waals surface area contributed by atoms with Gasteiger partial charge in [-0.3, -0.25) is 10.1 Å². The van der Waals surface area contributed by atoms with Crippen LogP contribution in [0.5, 0.6) is 0 Å². The van der Waals surface area contributed by atoms with Crippen molar-refractivity contribution in [3.8, 4) is 6.07 Å². The van der Waals surface area contributed by atoms with Crippen molar-refractivity contribution in [1.29, 1.82) is 5.26 Å². The van der Waals surface area contributed by atoms with Crippen molar-refractivity contribution in [1.82, 2.24) is 0 Å². The van der Waals surface area contributed by atoms with Crippen LogP contribution in [0, 0.1) is 42.2 Å². The first-order valence-corrected chi connectivity index (χ1v) is 6.87. The SMILES string of the molecule is Cc1cc(C)c(/C=C(\C#N)c2ccc([N+](=O)[O-])cc2)c(C)c1. The van der Waals surface area contributed by atoms with Gasteiger partial charge in [0.1, 0.15) is 0 Å². The van der Waals surface area contributed by atoms with Gasteiger partial charge in [-0.1, -0.05) is 17.7 Å². The van der Waals surface area contributed by atoms with Crippen molar-refractivity contribution in [2.24, 2.45) is 0 Å². The number of rotatable bonds is 3. The van der Waals surface area contributed by atoms with Crippen LogP contribution in [0.4, 0.5) is 5.69 Å². The van der Waals surface area contributed by atoms with E-state index in [-0.39, 0.29) is 5.69 Å². The van der Waals surface area contributed by atoms with Crippen molar-refractivity contribution in [2.45, 2.75) is 20.8 Å². The summed E-state index contributed by atoms with van der Waals surface area (Å²) in [5.74, 6) is 0. The number of nitriles is 1. The Morgan fingerprint density at radius 3 is 2.14 bits per heavy atom. The van der Waals surface area contributed by atoms with Crippen molar-refractivity contribution in [3.05, 3.63) is 74.3 Å². The molecule has 0 saturated carbocycles. The number of nitro groups is 1. The number of benzene rings is 2. The maximum atomic E-state index is 10.7. The van der Waals surface area contributed by atoms with Gasteiger partial charge in [0.15, 0.2) is 0 Å². The lowest BCUT2D eigenvalue weighted by Crippen LogP contribution is -1.91. The zero-order valence-corrected chi connectivity index (χ0v) is 12.8. The fraction of sp³-hybridized carbons (Fsp3) is 0.167. The van der Waals surface area contributed by atoms with Gasteiger partial charge in [-0.15, -0.1) is 0 Å². The van der Waals surface area contributed by atoms with Crippen LogP contribution in [0.1, 0.15) is 27.8 Å². The number of allylic oxidation sites excluding steroid dienone is 1. The van der Waals surface area contributed by atoms with E-state index in [2.05, 4.69) is 18.2 Å². The molecule has 0 aliphatic rings. The minimum absolute atomic E-state index is 0.0173. The summed E-state index contributed by atoms with van der Waals surface area (Å²) >= 11 is 0. The average molecular weight is 292 g/mol. The highest BCUT2D eigenvalue weighted by Crippen LogP contribution is 2.24. The highest BCUT2D eigenvalue weighted by atomic mass is 16.6. The Kier molecular flexibility index (Phi) is 4.38. The molecule has 0 atom stereocenters. The third-order valence-corrected chi connectivity index (χ3v) is 3.54. The topological polar surface area (TPSA) is 66.9 Å². The molecule has 110 valence electrons. The van der Waals surface area contributed by atoms with Gasteiger partial charge >= 0.3 is 0 Å². The smallest absolute Gasteiger partial charge is 0.258 e. The number of nitro benzene ring substituents is 1. The molecule has 0 heterocycles. The van der Waals surface area contributed by atoms with Gasteiger partial charge in [-0.05, 0) is 61.2 Å². The zero-order valence-electron chi connectivity index (χ0n) is 12.8. The molecule has 0 radical (unpaired) electrons. The molecule has 4 heteroatoms. The molecule has 0 amide bonds. The van der Waals surface area contributed by atoms with Crippen LogP contribution in [0.15, 0.2) is 36.4 Å². The number of non-ortho nitro benzene ring substituents is 1. The minimum Gasteiger partial charge on any atom is -0.258 e. The quantitative estimate of drug-likeness (QED) is 0.360. The molecule has 0 aliphatic carbocycles. The summed E-state index contributed by atoms with van der Waals surface area (Å²) < 4.78 is 0. The van der Waals surface area contributed by atoms with Gasteiger partial charge in [0.05, 0.1) is 16.6 Å². The van der Waals surface area contributed by atoms with Crippen LogP contribution in [0.2, 0.25) is 0 Å². The van der Waals surface area contributed by atoms with E-state index in [4.69, 9.17) is 0 Å². The first kappa shape index (κ1) is 15.5. The normalized spacial score (nSPS) is 11.1. The Balaban J connectivity index is 2.49. The van der Waals surface area contributed by atoms with Crippen LogP contribution >= 0.6 is 0 Å². The van der Waals surface area contributed by atoms with Gasteiger partial charge in [0.2, 0.25) is 0 Å². The van der Waals surface area contributed by atoms with E-state index in [9.17, 15) is 15.4 Å². The van der Waals surface area contributed by atoms with E-state index in [0.29, 0.717) is 11.1 Å². The van der Waals surface area contributed by atoms with E-state index in [1.54, 1.807) is 12.1 Å². The molecular weight excluding hydrogens is 276 g/mol. The molecule has 0 saturated heterocycles. The molecule has 0 aromatic heterocycles. The first-order chi connectivity index (χ1) is 10.4. The summed E-state index contributed by atoms with van der Waals surface area (Å²) in [6.45, 7) is 6.06. The largest absolute Gasteiger partial charge is 0.269 e. The van der Waals surface area contributed by atoms with Gasteiger partial charge in [-0.2, -0.15) is 5.26 Å². The number of nitrogens with zero attached hydrogens (tertiary/aromatic N) is 2. The van der Waals surface area contributed by atoms with Gasteiger partial charge in [-0.25, -0.2) is 0 Å². The molecule has 0 N–H and O–H groups in total. The summed E-state index contributed by atoms with van der Waals surface area (Å²) in [4.78, 5) is 10.2. The molecule has 4 nitrogen and oxygen atoms in total. The molecule has 0 aliphatic heterocycles. The maximum absolute atomic E-state index is 10.7. The van der Waals surface area contributed by atoms with Crippen LogP contribution in [0.3, 0.4) is 0 Å². The maximum Gasteiger partial charge on any atom is 0.269 e. The molecule has 2 aromatic rings. The van der Waals surface area contributed by atoms with Crippen molar-refractivity contribution >= 4 is 17.3 Å². The highest BCUT2D eigenvalue weighted by molar-refractivity contribution is 5.90. The van der Waals surface area contributed by atoms with Crippen molar-refractivity contribution < 1.29 is 4.92 Å². The first-order valence-electron chi connectivity index (χ1n) is 6.87. The monoisotopic (exact) mass is 292 g/mol. The Labute approximate surface area is 129 Å². The Hall–Kier alpha value is -2.93. The summed E-state index contributed by atoms with van der Waals surface area (Å²) in [7, 11) is 0. The molecular formula is C18H16N2O2. The van der Waals surface area contributed by atoms with Crippen LogP contribution in [0.25, 0.3) is 11.6 Å². The lowest BCUT2D eigenvalue weighted by molar-refractivity contribution is -0.384. The minimum atomic E-state index is -0.451. The standard InChI is InChI=1S/C18H16N2O2/c1-12-8-13(2)18(14(3)9-12)10-16(11-19)15-4-6-17(7-5-15)20(21)22/h4-10H,1-3H3/b16-10+. The average Bonchev–Trinajstić information content (AvgIpc) is 2.47. The Morgan fingerprint density at radius 2 is 1.68 bits per heavy atom. The van der Waals surface area contributed by atoms with Crippen LogP contribution < -0.4 is 0 Å². The molecule has 2 rings (SSSR count). The predicted molar refractivity (Wildman–Crippen MR) is 87.2 cm³/mol. The second-order valence-corrected chi connectivity index (χ2v) is 5.29. The van der Waals surface area contributed by atoms with E-state index < -0.39 is 4.92 Å². The van der Waals surface area contributed by atoms with Gasteiger partial charge < -0.3 is 0 Å². The number of hydrogen-bond donors (Lipinski definition) is 0. The van der Waals surface area contributed by atoms with E-state index in [1.165, 1.54) is 17.7 Å². The number of aryl methyl sites for hydroxylation is 3. The molecule has 0 spiro atoms. The Morgan fingerprint density at radius 1 is 1.14 bits per heavy atom. The summed E-state index contributed by atoms with van der Waals surface area (Å²) in [6.07, 6.45) is 1.84. The highest BCUT2D eigenvalue weighted by Gasteiger charge is 2.08. The zero-order chi connectivity index (χ0) is 16.3. The lowest BCUT2D eigenvalue weighted by atomic mass is 9.96. The second kappa shape index (κ2) is 6.23. The fourth-order valence-electron chi connectivity index (χ4n) is 2.51. The van der Waals surface area contributed by atoms with Gasteiger partial charge in [0, 0.05) is 12.1 Å². The Bertz CT molecular complexity index is 774. The summed E-state index contributed by atoms with van der Waals surface area (Å²) in [5, 5.41) is 20.1. The van der Waals surface area contributed by atoms with E-state index in [0.717, 1.165) is 16.7 Å².